The van der Waals surface area contributed by atoms with Gasteiger partial charge in [0.2, 0.25) is 12.7 Å². The lowest BCUT2D eigenvalue weighted by atomic mass is 10.2. The molecule has 1 fully saturated rings. The van der Waals surface area contributed by atoms with Crippen molar-refractivity contribution in [3.05, 3.63) is 45.5 Å². The van der Waals surface area contributed by atoms with Gasteiger partial charge in [0, 0.05) is 29.6 Å². The predicted molar refractivity (Wildman–Crippen MR) is 110 cm³/mol. The number of nitrogens with zero attached hydrogens (tertiary/aromatic N) is 1. The number of nitrogens with one attached hydrogen (secondary N) is 1. The summed E-state index contributed by atoms with van der Waals surface area (Å²) >= 11 is 8.11. The zero-order valence-corrected chi connectivity index (χ0v) is 16.4. The van der Waals surface area contributed by atoms with E-state index in [0.29, 0.717) is 26.4 Å². The van der Waals surface area contributed by atoms with Gasteiger partial charge in [-0.05, 0) is 29.7 Å². The van der Waals surface area contributed by atoms with E-state index in [0.717, 1.165) is 4.88 Å². The first-order valence-corrected chi connectivity index (χ1v) is 10.2. The molecule has 0 unspecified atom stereocenters. The number of hydrogen-bond donors (Lipinski definition) is 1. The molecule has 2 aromatic rings. The summed E-state index contributed by atoms with van der Waals surface area (Å²) in [4.78, 5) is 27.8. The van der Waals surface area contributed by atoms with Crippen molar-refractivity contribution >= 4 is 63.2 Å². The van der Waals surface area contributed by atoms with Crippen LogP contribution in [0.1, 0.15) is 11.3 Å². The Morgan fingerprint density at radius 2 is 2.15 bits per heavy atom. The summed E-state index contributed by atoms with van der Waals surface area (Å²) in [6.45, 7) is 0.420. The second kappa shape index (κ2) is 7.71. The number of thiocarbonyl (C=S) groups is 1. The average Bonchev–Trinajstić information content (AvgIpc) is 3.36. The van der Waals surface area contributed by atoms with Gasteiger partial charge in [-0.3, -0.25) is 14.5 Å². The molecule has 1 saturated heterocycles. The Labute approximate surface area is 169 Å². The van der Waals surface area contributed by atoms with Crippen molar-refractivity contribution in [2.45, 2.75) is 6.42 Å². The molecule has 0 radical (unpaired) electrons. The van der Waals surface area contributed by atoms with Crippen LogP contribution in [0.2, 0.25) is 0 Å². The van der Waals surface area contributed by atoms with Crippen molar-refractivity contribution in [3.63, 3.8) is 0 Å². The van der Waals surface area contributed by atoms with Gasteiger partial charge < -0.3 is 14.8 Å². The summed E-state index contributed by atoms with van der Waals surface area (Å²) in [7, 11) is 0. The molecule has 4 rings (SSSR count). The van der Waals surface area contributed by atoms with E-state index in [1.807, 2.05) is 23.6 Å². The first-order valence-electron chi connectivity index (χ1n) is 8.08. The largest absolute Gasteiger partial charge is 0.454 e. The van der Waals surface area contributed by atoms with E-state index in [9.17, 15) is 9.59 Å². The number of fused-ring (bicyclic) bond motifs is 1. The lowest BCUT2D eigenvalue weighted by molar-refractivity contribution is -0.122. The van der Waals surface area contributed by atoms with Crippen molar-refractivity contribution in [1.29, 1.82) is 0 Å². The number of ether oxygens (including phenoxy) is 2. The van der Waals surface area contributed by atoms with Crippen LogP contribution in [0.25, 0.3) is 6.08 Å². The van der Waals surface area contributed by atoms with Crippen LogP contribution in [0.3, 0.4) is 0 Å². The van der Waals surface area contributed by atoms with Crippen LogP contribution in [-0.4, -0.2) is 34.4 Å². The van der Waals surface area contributed by atoms with Gasteiger partial charge in [0.1, 0.15) is 4.32 Å². The Morgan fingerprint density at radius 1 is 1.30 bits per heavy atom. The van der Waals surface area contributed by atoms with Crippen LogP contribution in [0, 0.1) is 0 Å². The second-order valence-corrected chi connectivity index (χ2v) is 8.37. The Morgan fingerprint density at radius 3 is 2.96 bits per heavy atom. The summed E-state index contributed by atoms with van der Waals surface area (Å²) in [5.41, 5.74) is 0.618. The van der Waals surface area contributed by atoms with Crippen molar-refractivity contribution in [3.8, 4) is 11.5 Å². The van der Waals surface area contributed by atoms with E-state index in [2.05, 4.69) is 5.32 Å². The summed E-state index contributed by atoms with van der Waals surface area (Å²) < 4.78 is 11.0. The van der Waals surface area contributed by atoms with Gasteiger partial charge in [0.25, 0.3) is 5.91 Å². The molecule has 1 aromatic heterocycles. The SMILES string of the molecule is O=C(CCN1C(=O)C(=Cc2cccs2)SC1=S)Nc1ccc2c(c1)OCO2. The van der Waals surface area contributed by atoms with Gasteiger partial charge in [-0.2, -0.15) is 0 Å². The molecule has 1 N–H and O–H groups in total. The molecule has 27 heavy (non-hydrogen) atoms. The number of hydrogen-bond acceptors (Lipinski definition) is 7. The molecule has 0 aliphatic carbocycles. The van der Waals surface area contributed by atoms with E-state index in [-0.39, 0.29) is 31.6 Å². The van der Waals surface area contributed by atoms with Crippen LogP contribution >= 0.6 is 35.3 Å². The number of carbonyl (C=O) groups is 2. The number of benzene rings is 1. The highest BCUT2D eigenvalue weighted by Crippen LogP contribution is 2.35. The summed E-state index contributed by atoms with van der Waals surface area (Å²) in [6, 6.07) is 9.07. The van der Waals surface area contributed by atoms with Crippen molar-refractivity contribution in [1.82, 2.24) is 4.90 Å². The lowest BCUT2D eigenvalue weighted by Gasteiger charge is -2.14. The van der Waals surface area contributed by atoms with E-state index < -0.39 is 0 Å². The zero-order valence-electron chi connectivity index (χ0n) is 14.0. The normalized spacial score (nSPS) is 17.0. The highest BCUT2D eigenvalue weighted by atomic mass is 32.2. The standard InChI is InChI=1S/C18H14N2O4S3/c21-16(19-11-3-4-13-14(8-11)24-10-23-13)5-6-20-17(22)15(27-18(20)25)9-12-2-1-7-26-12/h1-4,7-9H,5-6,10H2,(H,19,21). The van der Waals surface area contributed by atoms with E-state index in [4.69, 9.17) is 21.7 Å². The molecule has 1 aromatic carbocycles. The molecule has 0 saturated carbocycles. The predicted octanol–water partition coefficient (Wildman–Crippen LogP) is 3.71. The monoisotopic (exact) mass is 418 g/mol. The van der Waals surface area contributed by atoms with Crippen LogP contribution in [-0.2, 0) is 9.59 Å². The zero-order chi connectivity index (χ0) is 18.8. The molecular formula is C18H14N2O4S3. The minimum absolute atomic E-state index is 0.146. The Bertz CT molecular complexity index is 940. The van der Waals surface area contributed by atoms with E-state index in [1.54, 1.807) is 29.5 Å². The topological polar surface area (TPSA) is 67.9 Å². The highest BCUT2D eigenvalue weighted by Gasteiger charge is 2.32. The molecule has 0 atom stereocenters. The summed E-state index contributed by atoms with van der Waals surface area (Å²) in [6.07, 6.45) is 1.98. The number of thiophene rings is 1. The highest BCUT2D eigenvalue weighted by molar-refractivity contribution is 8.26. The molecular weight excluding hydrogens is 404 g/mol. The second-order valence-electron chi connectivity index (χ2n) is 5.71. The average molecular weight is 419 g/mol. The minimum Gasteiger partial charge on any atom is -0.454 e. The lowest BCUT2D eigenvalue weighted by Crippen LogP contribution is -2.31. The van der Waals surface area contributed by atoms with Gasteiger partial charge >= 0.3 is 0 Å². The molecule has 9 heteroatoms. The van der Waals surface area contributed by atoms with Crippen molar-refractivity contribution in [2.75, 3.05) is 18.7 Å². The first-order chi connectivity index (χ1) is 13.1. The summed E-state index contributed by atoms with van der Waals surface area (Å²) in [5, 5.41) is 4.75. The molecule has 6 nitrogen and oxygen atoms in total. The van der Waals surface area contributed by atoms with Gasteiger partial charge in [-0.1, -0.05) is 30.0 Å². The van der Waals surface area contributed by atoms with E-state index in [1.165, 1.54) is 16.7 Å². The number of amides is 2. The van der Waals surface area contributed by atoms with Crippen LogP contribution in [0.15, 0.2) is 40.6 Å². The van der Waals surface area contributed by atoms with Crippen LogP contribution in [0.4, 0.5) is 5.69 Å². The number of rotatable bonds is 5. The van der Waals surface area contributed by atoms with Crippen molar-refractivity contribution < 1.29 is 19.1 Å². The third-order valence-corrected chi connectivity index (χ3v) is 6.11. The van der Waals surface area contributed by atoms with Crippen LogP contribution < -0.4 is 14.8 Å². The number of carbonyl (C=O) groups excluding carboxylic acids is 2. The van der Waals surface area contributed by atoms with Gasteiger partial charge in [0.05, 0.1) is 4.91 Å². The molecule has 138 valence electrons. The van der Waals surface area contributed by atoms with Gasteiger partial charge in [-0.25, -0.2) is 0 Å². The molecule has 2 amide bonds. The van der Waals surface area contributed by atoms with Gasteiger partial charge in [-0.15, -0.1) is 11.3 Å². The maximum absolute atomic E-state index is 12.5. The smallest absolute Gasteiger partial charge is 0.266 e. The Hall–Kier alpha value is -2.36. The third kappa shape index (κ3) is 4.00. The molecule has 2 aliphatic heterocycles. The van der Waals surface area contributed by atoms with Crippen LogP contribution in [0.5, 0.6) is 11.5 Å². The maximum atomic E-state index is 12.5. The van der Waals surface area contributed by atoms with Crippen molar-refractivity contribution in [2.24, 2.45) is 0 Å². The minimum atomic E-state index is -0.204. The fraction of sp³-hybridized carbons (Fsp3) is 0.167. The quantitative estimate of drug-likeness (QED) is 0.590. The molecule has 0 spiro atoms. The molecule has 3 heterocycles. The Kier molecular flexibility index (Phi) is 5.15. The fourth-order valence-electron chi connectivity index (χ4n) is 2.61. The summed E-state index contributed by atoms with van der Waals surface area (Å²) in [5.74, 6) is 0.894. The fourth-order valence-corrected chi connectivity index (χ4v) is 4.64. The molecule has 0 bridgehead atoms. The number of anilines is 1. The van der Waals surface area contributed by atoms with Gasteiger partial charge in [0.15, 0.2) is 11.5 Å². The first kappa shape index (κ1) is 18.0. The van der Waals surface area contributed by atoms with E-state index >= 15 is 0 Å². The third-order valence-electron chi connectivity index (χ3n) is 3.91. The molecule has 2 aliphatic rings. The number of thioether (sulfide) groups is 1. The maximum Gasteiger partial charge on any atom is 0.266 e. The Balaban J connectivity index is 1.35.